The molecule has 0 aliphatic rings. The van der Waals surface area contributed by atoms with Gasteiger partial charge in [-0.2, -0.15) is 0 Å². The molecule has 2 aromatic rings. The zero-order valence-electron chi connectivity index (χ0n) is 11.9. The topological polar surface area (TPSA) is 38.3 Å². The molecule has 0 aromatic heterocycles. The number of carbonyl (C=O) groups excluding carboxylic acids is 1. The van der Waals surface area contributed by atoms with Crippen LogP contribution in [-0.2, 0) is 17.8 Å². The van der Waals surface area contributed by atoms with Crippen molar-refractivity contribution >= 4 is 17.5 Å². The Morgan fingerprint density at radius 1 is 1.14 bits per heavy atom. The zero-order chi connectivity index (χ0) is 15.1. The Morgan fingerprint density at radius 3 is 2.52 bits per heavy atom. The van der Waals surface area contributed by atoms with Gasteiger partial charge in [0.15, 0.2) is 0 Å². The van der Waals surface area contributed by atoms with E-state index in [9.17, 15) is 4.79 Å². The number of amides is 1. The van der Waals surface area contributed by atoms with E-state index in [-0.39, 0.29) is 12.3 Å². The molecular weight excluding hydrogens is 286 g/mol. The highest BCUT2D eigenvalue weighted by molar-refractivity contribution is 6.31. The van der Waals surface area contributed by atoms with Crippen LogP contribution in [0.15, 0.2) is 48.5 Å². The number of carbonyl (C=O) groups is 1. The number of ether oxygens (including phenoxy) is 1. The van der Waals surface area contributed by atoms with Gasteiger partial charge in [0.05, 0.1) is 13.0 Å². The van der Waals surface area contributed by atoms with Crippen molar-refractivity contribution in [2.24, 2.45) is 0 Å². The third kappa shape index (κ3) is 4.80. The van der Waals surface area contributed by atoms with Gasteiger partial charge in [-0.3, -0.25) is 4.79 Å². The molecule has 1 N–H and O–H groups in total. The van der Waals surface area contributed by atoms with Crippen LogP contribution in [0.1, 0.15) is 18.1 Å². The Morgan fingerprint density at radius 2 is 1.86 bits per heavy atom. The van der Waals surface area contributed by atoms with Crippen molar-refractivity contribution in [3.8, 4) is 5.75 Å². The third-order valence-corrected chi connectivity index (χ3v) is 3.40. The first kappa shape index (κ1) is 15.4. The fraction of sp³-hybridized carbons (Fsp3) is 0.235. The predicted molar refractivity (Wildman–Crippen MR) is 84.6 cm³/mol. The Kier molecular flexibility index (Phi) is 5.64. The van der Waals surface area contributed by atoms with Crippen LogP contribution in [0, 0.1) is 0 Å². The molecule has 0 atom stereocenters. The second-order valence-corrected chi connectivity index (χ2v) is 5.03. The van der Waals surface area contributed by atoms with Gasteiger partial charge in [-0.05, 0) is 36.2 Å². The predicted octanol–water partition coefficient (Wildman–Crippen LogP) is 3.60. The Balaban J connectivity index is 1.85. The summed E-state index contributed by atoms with van der Waals surface area (Å²) in [4.78, 5) is 11.9. The summed E-state index contributed by atoms with van der Waals surface area (Å²) in [7, 11) is 0. The van der Waals surface area contributed by atoms with E-state index in [1.807, 2.05) is 49.4 Å². The van der Waals surface area contributed by atoms with E-state index in [1.54, 1.807) is 6.07 Å². The van der Waals surface area contributed by atoms with E-state index in [0.29, 0.717) is 18.2 Å². The molecule has 0 heterocycles. The van der Waals surface area contributed by atoms with E-state index in [2.05, 4.69) is 5.32 Å². The summed E-state index contributed by atoms with van der Waals surface area (Å²) >= 11 is 6.04. The summed E-state index contributed by atoms with van der Waals surface area (Å²) in [6.45, 7) is 3.09. The number of nitrogens with one attached hydrogen (secondary N) is 1. The molecule has 0 radical (unpaired) electrons. The van der Waals surface area contributed by atoms with Gasteiger partial charge in [-0.1, -0.05) is 41.9 Å². The van der Waals surface area contributed by atoms with Crippen LogP contribution in [0.5, 0.6) is 5.75 Å². The summed E-state index contributed by atoms with van der Waals surface area (Å²) in [5.41, 5.74) is 1.87. The summed E-state index contributed by atoms with van der Waals surface area (Å²) < 4.78 is 5.38. The smallest absolute Gasteiger partial charge is 0.224 e. The summed E-state index contributed by atoms with van der Waals surface area (Å²) in [6, 6.07) is 15.1. The molecule has 0 bridgehead atoms. The average molecular weight is 304 g/mol. The number of benzene rings is 2. The minimum Gasteiger partial charge on any atom is -0.494 e. The van der Waals surface area contributed by atoms with Crippen LogP contribution in [-0.4, -0.2) is 12.5 Å². The molecule has 0 saturated heterocycles. The highest BCUT2D eigenvalue weighted by Crippen LogP contribution is 2.15. The molecule has 0 unspecified atom stereocenters. The fourth-order valence-corrected chi connectivity index (χ4v) is 2.15. The maximum Gasteiger partial charge on any atom is 0.224 e. The molecule has 4 heteroatoms. The normalized spacial score (nSPS) is 10.2. The molecule has 0 aliphatic heterocycles. The van der Waals surface area contributed by atoms with Crippen molar-refractivity contribution in [1.82, 2.24) is 5.32 Å². The monoisotopic (exact) mass is 303 g/mol. The van der Waals surface area contributed by atoms with Crippen LogP contribution < -0.4 is 10.1 Å². The largest absolute Gasteiger partial charge is 0.494 e. The van der Waals surface area contributed by atoms with Gasteiger partial charge in [0.25, 0.3) is 0 Å². The first-order chi connectivity index (χ1) is 10.2. The highest BCUT2D eigenvalue weighted by atomic mass is 35.5. The number of hydrogen-bond donors (Lipinski definition) is 1. The fourth-order valence-electron chi connectivity index (χ4n) is 1.95. The second-order valence-electron chi connectivity index (χ2n) is 4.62. The molecule has 0 aliphatic carbocycles. The lowest BCUT2D eigenvalue weighted by Gasteiger charge is -2.08. The van der Waals surface area contributed by atoms with Gasteiger partial charge in [0, 0.05) is 11.6 Å². The van der Waals surface area contributed by atoms with Crippen molar-refractivity contribution in [2.45, 2.75) is 19.9 Å². The Labute approximate surface area is 129 Å². The van der Waals surface area contributed by atoms with Crippen LogP contribution in [0.25, 0.3) is 0 Å². The number of halogens is 1. The lowest BCUT2D eigenvalue weighted by Crippen LogP contribution is -2.24. The molecule has 0 fully saturated rings. The standard InChI is InChI=1S/C17H18ClNO2/c1-2-21-15-9-7-13(8-10-15)12-19-17(20)11-14-5-3-4-6-16(14)18/h3-10H,2,11-12H2,1H3,(H,19,20). The first-order valence-corrected chi connectivity index (χ1v) is 7.28. The Hall–Kier alpha value is -2.00. The van der Waals surface area contributed by atoms with Crippen molar-refractivity contribution in [1.29, 1.82) is 0 Å². The molecule has 2 rings (SSSR count). The molecule has 110 valence electrons. The van der Waals surface area contributed by atoms with Crippen molar-refractivity contribution in [3.05, 3.63) is 64.7 Å². The quantitative estimate of drug-likeness (QED) is 0.885. The molecule has 2 aromatic carbocycles. The highest BCUT2D eigenvalue weighted by Gasteiger charge is 2.06. The van der Waals surface area contributed by atoms with E-state index < -0.39 is 0 Å². The number of rotatable bonds is 6. The number of hydrogen-bond acceptors (Lipinski definition) is 2. The van der Waals surface area contributed by atoms with E-state index in [1.165, 1.54) is 0 Å². The Bertz CT molecular complexity index is 596. The summed E-state index contributed by atoms with van der Waals surface area (Å²) in [6.07, 6.45) is 0.288. The maximum atomic E-state index is 11.9. The lowest BCUT2D eigenvalue weighted by molar-refractivity contribution is -0.120. The molecule has 0 saturated carbocycles. The van der Waals surface area contributed by atoms with Crippen molar-refractivity contribution in [2.75, 3.05) is 6.61 Å². The van der Waals surface area contributed by atoms with Gasteiger partial charge in [0.1, 0.15) is 5.75 Å². The zero-order valence-corrected chi connectivity index (χ0v) is 12.7. The lowest BCUT2D eigenvalue weighted by atomic mass is 10.1. The van der Waals surface area contributed by atoms with Crippen molar-refractivity contribution in [3.63, 3.8) is 0 Å². The third-order valence-electron chi connectivity index (χ3n) is 3.03. The minimum absolute atomic E-state index is 0.0445. The van der Waals surface area contributed by atoms with E-state index in [0.717, 1.165) is 16.9 Å². The minimum atomic E-state index is -0.0445. The average Bonchev–Trinajstić information content (AvgIpc) is 2.49. The van der Waals surface area contributed by atoms with Crippen LogP contribution in [0.3, 0.4) is 0 Å². The summed E-state index contributed by atoms with van der Waals surface area (Å²) in [5, 5.41) is 3.51. The molecule has 1 amide bonds. The van der Waals surface area contributed by atoms with Crippen LogP contribution in [0.4, 0.5) is 0 Å². The SMILES string of the molecule is CCOc1ccc(CNC(=O)Cc2ccccc2Cl)cc1. The van der Waals surface area contributed by atoms with Gasteiger partial charge < -0.3 is 10.1 Å². The van der Waals surface area contributed by atoms with Gasteiger partial charge >= 0.3 is 0 Å². The van der Waals surface area contributed by atoms with Gasteiger partial charge in [0.2, 0.25) is 5.91 Å². The van der Waals surface area contributed by atoms with Gasteiger partial charge in [-0.15, -0.1) is 0 Å². The van der Waals surface area contributed by atoms with E-state index in [4.69, 9.17) is 16.3 Å². The maximum absolute atomic E-state index is 11.9. The second kappa shape index (κ2) is 7.70. The molecule has 21 heavy (non-hydrogen) atoms. The summed E-state index contributed by atoms with van der Waals surface area (Å²) in [5.74, 6) is 0.792. The van der Waals surface area contributed by atoms with E-state index >= 15 is 0 Å². The van der Waals surface area contributed by atoms with Gasteiger partial charge in [-0.25, -0.2) is 0 Å². The molecular formula is C17H18ClNO2. The van der Waals surface area contributed by atoms with Crippen LogP contribution in [0.2, 0.25) is 5.02 Å². The molecule has 3 nitrogen and oxygen atoms in total. The van der Waals surface area contributed by atoms with Crippen molar-refractivity contribution < 1.29 is 9.53 Å². The molecule has 0 spiro atoms. The van der Waals surface area contributed by atoms with Crippen LogP contribution >= 0.6 is 11.6 Å². The first-order valence-electron chi connectivity index (χ1n) is 6.91.